The zero-order chi connectivity index (χ0) is 15.7. The van der Waals surface area contributed by atoms with E-state index in [1.165, 1.54) is 17.9 Å². The first kappa shape index (κ1) is 15.2. The summed E-state index contributed by atoms with van der Waals surface area (Å²) in [6.45, 7) is 1.76. The Morgan fingerprint density at radius 3 is 2.67 bits per heavy atom. The normalized spacial score (nSPS) is 10.2. The van der Waals surface area contributed by atoms with Crippen LogP contribution in [0.1, 0.15) is 21.6 Å². The molecule has 108 valence electrons. The summed E-state index contributed by atoms with van der Waals surface area (Å²) in [5.74, 6) is -0.639. The summed E-state index contributed by atoms with van der Waals surface area (Å²) in [5.41, 5.74) is 7.42. The Labute approximate surface area is 131 Å². The molecular weight excluding hydrogens is 313 g/mol. The third kappa shape index (κ3) is 2.44. The van der Waals surface area contributed by atoms with E-state index in [9.17, 15) is 4.79 Å². The van der Waals surface area contributed by atoms with Gasteiger partial charge in [0.2, 0.25) is 0 Å². The molecule has 2 N–H and O–H groups in total. The lowest BCUT2D eigenvalue weighted by Gasteiger charge is -2.13. The van der Waals surface area contributed by atoms with Gasteiger partial charge in [0.25, 0.3) is 0 Å². The standard InChI is InChI=1S/C14H11Cl2N3O2/c1-7-10(4-3-9(15)11(7)16)19-6-8(5-17)12(18)13(19)14(20)21-2/h3-4,6H,18H2,1-2H3. The molecule has 2 rings (SSSR count). The fourth-order valence-electron chi connectivity index (χ4n) is 2.01. The van der Waals surface area contributed by atoms with E-state index in [4.69, 9.17) is 38.9 Å². The summed E-state index contributed by atoms with van der Waals surface area (Å²) in [5, 5.41) is 9.86. The SMILES string of the molecule is COC(=O)c1c(N)c(C#N)cn1-c1ccc(Cl)c(Cl)c1C. The van der Waals surface area contributed by atoms with Crippen LogP contribution in [0.4, 0.5) is 5.69 Å². The van der Waals surface area contributed by atoms with Gasteiger partial charge in [0, 0.05) is 6.20 Å². The van der Waals surface area contributed by atoms with Gasteiger partial charge in [-0.05, 0) is 24.6 Å². The topological polar surface area (TPSA) is 81.0 Å². The lowest BCUT2D eigenvalue weighted by atomic mass is 10.2. The first-order chi connectivity index (χ1) is 9.92. The van der Waals surface area contributed by atoms with E-state index in [-0.39, 0.29) is 16.9 Å². The minimum absolute atomic E-state index is 0.0647. The Morgan fingerprint density at radius 1 is 1.43 bits per heavy atom. The molecule has 1 aromatic carbocycles. The number of benzene rings is 1. The Bertz CT molecular complexity index is 776. The zero-order valence-corrected chi connectivity index (χ0v) is 12.8. The average Bonchev–Trinajstić information content (AvgIpc) is 2.80. The van der Waals surface area contributed by atoms with Crippen molar-refractivity contribution in [3.05, 3.63) is 45.2 Å². The molecule has 0 aliphatic heterocycles. The molecule has 0 fully saturated rings. The summed E-state index contributed by atoms with van der Waals surface area (Å²) in [6, 6.07) is 5.24. The van der Waals surface area contributed by atoms with Gasteiger partial charge in [-0.25, -0.2) is 4.79 Å². The van der Waals surface area contributed by atoms with Crippen LogP contribution in [0.15, 0.2) is 18.3 Å². The molecule has 0 aliphatic rings. The predicted molar refractivity (Wildman–Crippen MR) is 81.0 cm³/mol. The van der Waals surface area contributed by atoms with E-state index in [1.807, 2.05) is 6.07 Å². The molecule has 0 unspecified atom stereocenters. The van der Waals surface area contributed by atoms with Crippen LogP contribution in [0.3, 0.4) is 0 Å². The first-order valence-electron chi connectivity index (χ1n) is 5.86. The number of nitriles is 1. The van der Waals surface area contributed by atoms with E-state index >= 15 is 0 Å². The Hall–Kier alpha value is -2.16. The Balaban J connectivity index is 2.79. The first-order valence-corrected chi connectivity index (χ1v) is 6.62. The van der Waals surface area contributed by atoms with Gasteiger partial charge in [-0.2, -0.15) is 5.26 Å². The van der Waals surface area contributed by atoms with Crippen LogP contribution >= 0.6 is 23.2 Å². The molecule has 1 aromatic heterocycles. The van der Waals surface area contributed by atoms with Crippen molar-refractivity contribution in [3.63, 3.8) is 0 Å². The molecule has 5 nitrogen and oxygen atoms in total. The molecule has 0 spiro atoms. The molecular formula is C14H11Cl2N3O2. The fraction of sp³-hybridized carbons (Fsp3) is 0.143. The van der Waals surface area contributed by atoms with Crippen LogP contribution in [-0.2, 0) is 4.74 Å². The van der Waals surface area contributed by atoms with Gasteiger partial charge >= 0.3 is 5.97 Å². The number of halogens is 2. The van der Waals surface area contributed by atoms with Gasteiger partial charge < -0.3 is 15.0 Å². The van der Waals surface area contributed by atoms with Crippen molar-refractivity contribution in [2.45, 2.75) is 6.92 Å². The van der Waals surface area contributed by atoms with E-state index in [0.29, 0.717) is 21.3 Å². The van der Waals surface area contributed by atoms with Crippen molar-refractivity contribution in [2.75, 3.05) is 12.8 Å². The zero-order valence-electron chi connectivity index (χ0n) is 11.3. The smallest absolute Gasteiger partial charge is 0.357 e. The van der Waals surface area contributed by atoms with Crippen molar-refractivity contribution in [3.8, 4) is 11.8 Å². The third-order valence-electron chi connectivity index (χ3n) is 3.11. The number of hydrogen-bond acceptors (Lipinski definition) is 4. The number of hydrogen-bond donors (Lipinski definition) is 1. The molecule has 0 amide bonds. The highest BCUT2D eigenvalue weighted by molar-refractivity contribution is 6.42. The molecule has 0 saturated heterocycles. The van der Waals surface area contributed by atoms with E-state index in [0.717, 1.165) is 0 Å². The number of methoxy groups -OCH3 is 1. The molecule has 21 heavy (non-hydrogen) atoms. The Morgan fingerprint density at radius 2 is 2.10 bits per heavy atom. The second-order valence-electron chi connectivity index (χ2n) is 4.28. The molecule has 7 heteroatoms. The van der Waals surface area contributed by atoms with Crippen LogP contribution in [-0.4, -0.2) is 17.6 Å². The van der Waals surface area contributed by atoms with Gasteiger partial charge in [0.1, 0.15) is 6.07 Å². The van der Waals surface area contributed by atoms with Gasteiger partial charge in [-0.15, -0.1) is 0 Å². The monoisotopic (exact) mass is 323 g/mol. The van der Waals surface area contributed by atoms with Crippen molar-refractivity contribution >= 4 is 34.9 Å². The van der Waals surface area contributed by atoms with Crippen molar-refractivity contribution in [1.29, 1.82) is 5.26 Å². The number of nitrogen functional groups attached to an aromatic ring is 1. The van der Waals surface area contributed by atoms with Crippen LogP contribution in [0.2, 0.25) is 10.0 Å². The van der Waals surface area contributed by atoms with Crippen LogP contribution in [0.25, 0.3) is 5.69 Å². The van der Waals surface area contributed by atoms with Gasteiger partial charge in [0.05, 0.1) is 34.1 Å². The molecule has 0 aliphatic carbocycles. The van der Waals surface area contributed by atoms with E-state index in [1.54, 1.807) is 19.1 Å². The highest BCUT2D eigenvalue weighted by Gasteiger charge is 2.23. The lowest BCUT2D eigenvalue weighted by Crippen LogP contribution is -2.11. The molecule has 0 radical (unpaired) electrons. The number of carbonyl (C=O) groups is 1. The number of nitrogens with zero attached hydrogens (tertiary/aromatic N) is 2. The number of nitrogens with two attached hydrogens (primary N) is 1. The molecule has 0 bridgehead atoms. The van der Waals surface area contributed by atoms with Gasteiger partial charge in [0.15, 0.2) is 5.69 Å². The summed E-state index contributed by atoms with van der Waals surface area (Å²) >= 11 is 12.1. The fourth-order valence-corrected chi connectivity index (χ4v) is 2.37. The number of carbonyl (C=O) groups excluding carboxylic acids is 1. The van der Waals surface area contributed by atoms with Crippen LogP contribution in [0.5, 0.6) is 0 Å². The number of anilines is 1. The average molecular weight is 324 g/mol. The lowest BCUT2D eigenvalue weighted by molar-refractivity contribution is 0.0593. The number of ether oxygens (including phenoxy) is 1. The summed E-state index contributed by atoms with van der Waals surface area (Å²) in [6.07, 6.45) is 1.47. The van der Waals surface area contributed by atoms with Crippen molar-refractivity contribution < 1.29 is 9.53 Å². The summed E-state index contributed by atoms with van der Waals surface area (Å²) < 4.78 is 6.21. The second-order valence-corrected chi connectivity index (χ2v) is 5.07. The quantitative estimate of drug-likeness (QED) is 0.859. The number of esters is 1. The molecule has 0 saturated carbocycles. The van der Waals surface area contributed by atoms with Crippen LogP contribution in [0, 0.1) is 18.3 Å². The maximum absolute atomic E-state index is 11.9. The van der Waals surface area contributed by atoms with Crippen molar-refractivity contribution in [1.82, 2.24) is 4.57 Å². The largest absolute Gasteiger partial charge is 0.464 e. The molecule has 2 aromatic rings. The van der Waals surface area contributed by atoms with Gasteiger partial charge in [-0.1, -0.05) is 23.2 Å². The molecule has 1 heterocycles. The Kier molecular flexibility index (Phi) is 4.12. The summed E-state index contributed by atoms with van der Waals surface area (Å²) in [4.78, 5) is 11.9. The van der Waals surface area contributed by atoms with Crippen molar-refractivity contribution in [2.24, 2.45) is 0 Å². The maximum Gasteiger partial charge on any atom is 0.357 e. The highest BCUT2D eigenvalue weighted by Crippen LogP contribution is 2.32. The third-order valence-corrected chi connectivity index (χ3v) is 4.01. The van der Waals surface area contributed by atoms with E-state index < -0.39 is 5.97 Å². The molecule has 0 atom stereocenters. The predicted octanol–water partition coefficient (Wildman–Crippen LogP) is 3.33. The van der Waals surface area contributed by atoms with Crippen LogP contribution < -0.4 is 5.73 Å². The highest BCUT2D eigenvalue weighted by atomic mass is 35.5. The van der Waals surface area contributed by atoms with E-state index in [2.05, 4.69) is 0 Å². The second kappa shape index (κ2) is 5.68. The maximum atomic E-state index is 11.9. The minimum Gasteiger partial charge on any atom is -0.464 e. The number of aromatic nitrogens is 1. The van der Waals surface area contributed by atoms with Gasteiger partial charge in [-0.3, -0.25) is 0 Å². The summed E-state index contributed by atoms with van der Waals surface area (Å²) in [7, 11) is 1.24. The number of rotatable bonds is 2. The minimum atomic E-state index is -0.639.